The minimum atomic E-state index is -0.602. The van der Waals surface area contributed by atoms with Gasteiger partial charge in [-0.15, -0.1) is 0 Å². The van der Waals surface area contributed by atoms with E-state index >= 15 is 0 Å². The van der Waals surface area contributed by atoms with Crippen LogP contribution in [-0.4, -0.2) is 15.7 Å². The zero-order valence-corrected chi connectivity index (χ0v) is 17.1. The number of carbonyl (C=O) groups is 1. The highest BCUT2D eigenvalue weighted by atomic mass is 16.5. The second-order valence-electron chi connectivity index (χ2n) is 6.97. The Morgan fingerprint density at radius 3 is 2.44 bits per heavy atom. The molecular weight excluding hydrogens is 404 g/mol. The van der Waals surface area contributed by atoms with Gasteiger partial charge in [0.25, 0.3) is 5.91 Å². The van der Waals surface area contributed by atoms with Crippen LogP contribution in [0.15, 0.2) is 89.7 Å². The minimum absolute atomic E-state index is 0.201. The quantitative estimate of drug-likeness (QED) is 0.512. The summed E-state index contributed by atoms with van der Waals surface area (Å²) in [6, 6.07) is 26.2. The van der Waals surface area contributed by atoms with Crippen LogP contribution in [0, 0.1) is 18.3 Å². The van der Waals surface area contributed by atoms with E-state index < -0.39 is 11.3 Å². The molecule has 4 rings (SSSR count). The van der Waals surface area contributed by atoms with Gasteiger partial charge in [0, 0.05) is 17.4 Å². The number of nitrogens with one attached hydrogen (secondary N) is 1. The third-order valence-electron chi connectivity index (χ3n) is 4.63. The largest absolute Gasteiger partial charge is 0.457 e. The zero-order valence-electron chi connectivity index (χ0n) is 17.1. The van der Waals surface area contributed by atoms with E-state index in [2.05, 4.69) is 16.5 Å². The van der Waals surface area contributed by atoms with Crippen LogP contribution in [0.2, 0.25) is 0 Å². The van der Waals surface area contributed by atoms with Crippen LogP contribution in [0.4, 0.5) is 5.69 Å². The molecule has 1 N–H and O–H groups in total. The number of hydrogen-bond donors (Lipinski definition) is 1. The first-order valence-electron chi connectivity index (χ1n) is 9.79. The van der Waals surface area contributed by atoms with E-state index in [-0.39, 0.29) is 5.69 Å². The molecule has 0 unspecified atom stereocenters. The standard InChI is InChI=1S/C25H18N4O3/c1-17-14-23(30)24(28-29(17)20-7-3-2-4-8-20)25(31)27-19-10-12-21(13-11-19)32-22-9-5-6-18(15-22)16-26/h2-15H,1H3,(H,27,31). The molecule has 4 aromatic rings. The maximum absolute atomic E-state index is 12.7. The third kappa shape index (κ3) is 4.55. The van der Waals surface area contributed by atoms with E-state index in [1.807, 2.05) is 30.3 Å². The van der Waals surface area contributed by atoms with Gasteiger partial charge in [-0.1, -0.05) is 24.3 Å². The number of nitriles is 1. The fourth-order valence-corrected chi connectivity index (χ4v) is 3.10. The van der Waals surface area contributed by atoms with Crippen LogP contribution < -0.4 is 15.5 Å². The van der Waals surface area contributed by atoms with E-state index in [4.69, 9.17) is 10.00 Å². The number of carbonyl (C=O) groups excluding carboxylic acids is 1. The second-order valence-corrected chi connectivity index (χ2v) is 6.97. The molecule has 7 heteroatoms. The van der Waals surface area contributed by atoms with E-state index in [0.717, 1.165) is 5.69 Å². The van der Waals surface area contributed by atoms with Crippen molar-refractivity contribution in [2.75, 3.05) is 5.32 Å². The molecule has 0 aliphatic carbocycles. The van der Waals surface area contributed by atoms with Gasteiger partial charge in [-0.25, -0.2) is 4.68 Å². The van der Waals surface area contributed by atoms with Gasteiger partial charge in [-0.2, -0.15) is 10.4 Å². The fraction of sp³-hybridized carbons (Fsp3) is 0.0400. The summed E-state index contributed by atoms with van der Waals surface area (Å²) in [4.78, 5) is 25.1. The number of benzene rings is 3. The Kier molecular flexibility index (Phi) is 5.77. The number of hydrogen-bond acceptors (Lipinski definition) is 5. The molecule has 156 valence electrons. The molecule has 0 fully saturated rings. The van der Waals surface area contributed by atoms with Crippen molar-refractivity contribution in [3.8, 4) is 23.3 Å². The molecule has 32 heavy (non-hydrogen) atoms. The number of nitrogens with zero attached hydrogens (tertiary/aromatic N) is 3. The lowest BCUT2D eigenvalue weighted by atomic mass is 10.2. The number of aromatic nitrogens is 2. The van der Waals surface area contributed by atoms with Crippen molar-refractivity contribution in [2.45, 2.75) is 6.92 Å². The van der Waals surface area contributed by atoms with Crippen molar-refractivity contribution >= 4 is 11.6 Å². The van der Waals surface area contributed by atoms with Gasteiger partial charge in [-0.05, 0) is 61.5 Å². The highest BCUT2D eigenvalue weighted by Gasteiger charge is 2.15. The summed E-state index contributed by atoms with van der Waals surface area (Å²) in [5.41, 5.74) is 1.71. The van der Waals surface area contributed by atoms with Crippen LogP contribution >= 0.6 is 0 Å². The van der Waals surface area contributed by atoms with Crippen molar-refractivity contribution < 1.29 is 9.53 Å². The molecule has 1 amide bonds. The molecule has 0 bridgehead atoms. The lowest BCUT2D eigenvalue weighted by Gasteiger charge is -2.11. The van der Waals surface area contributed by atoms with Crippen LogP contribution in [0.25, 0.3) is 5.69 Å². The van der Waals surface area contributed by atoms with Crippen LogP contribution in [0.3, 0.4) is 0 Å². The monoisotopic (exact) mass is 422 g/mol. The molecule has 0 aliphatic rings. The predicted octanol–water partition coefficient (Wildman–Crippen LogP) is 4.46. The number of rotatable bonds is 5. The van der Waals surface area contributed by atoms with Crippen molar-refractivity contribution in [1.82, 2.24) is 9.78 Å². The predicted molar refractivity (Wildman–Crippen MR) is 120 cm³/mol. The summed E-state index contributed by atoms with van der Waals surface area (Å²) in [5, 5.41) is 15.9. The Bertz CT molecular complexity index is 1370. The second kappa shape index (κ2) is 8.98. The van der Waals surface area contributed by atoms with Gasteiger partial charge in [0.2, 0.25) is 5.43 Å². The van der Waals surface area contributed by atoms with E-state index in [1.165, 1.54) is 6.07 Å². The maximum atomic E-state index is 12.7. The summed E-state index contributed by atoms with van der Waals surface area (Å²) < 4.78 is 7.29. The highest BCUT2D eigenvalue weighted by molar-refractivity contribution is 6.02. The molecule has 3 aromatic carbocycles. The molecule has 0 radical (unpaired) electrons. The number of aryl methyl sites for hydroxylation is 1. The summed E-state index contributed by atoms with van der Waals surface area (Å²) in [6.07, 6.45) is 0. The normalized spacial score (nSPS) is 10.2. The molecule has 0 spiro atoms. The Morgan fingerprint density at radius 1 is 0.969 bits per heavy atom. The Labute approximate surface area is 184 Å². The number of para-hydroxylation sites is 1. The first-order valence-corrected chi connectivity index (χ1v) is 9.79. The zero-order chi connectivity index (χ0) is 22.5. The van der Waals surface area contributed by atoms with Gasteiger partial charge < -0.3 is 10.1 Å². The lowest BCUT2D eigenvalue weighted by Crippen LogP contribution is -2.26. The van der Waals surface area contributed by atoms with Crippen molar-refractivity contribution in [2.24, 2.45) is 0 Å². The average molecular weight is 422 g/mol. The van der Waals surface area contributed by atoms with Crippen LogP contribution in [-0.2, 0) is 0 Å². The van der Waals surface area contributed by atoms with E-state index in [1.54, 1.807) is 60.1 Å². The Balaban J connectivity index is 1.52. The number of ether oxygens (including phenoxy) is 1. The smallest absolute Gasteiger partial charge is 0.280 e. The molecule has 7 nitrogen and oxygen atoms in total. The van der Waals surface area contributed by atoms with Crippen molar-refractivity contribution in [3.05, 3.63) is 112 Å². The SMILES string of the molecule is Cc1cc(=O)c(C(=O)Nc2ccc(Oc3cccc(C#N)c3)cc2)nn1-c1ccccc1. The Hall–Kier alpha value is -4.70. The number of anilines is 1. The Morgan fingerprint density at radius 2 is 1.72 bits per heavy atom. The van der Waals surface area contributed by atoms with Crippen molar-refractivity contribution in [3.63, 3.8) is 0 Å². The van der Waals surface area contributed by atoms with Crippen LogP contribution in [0.5, 0.6) is 11.5 Å². The molecule has 1 aromatic heterocycles. The molecule has 0 saturated heterocycles. The van der Waals surface area contributed by atoms with Gasteiger partial charge >= 0.3 is 0 Å². The van der Waals surface area contributed by atoms with E-state index in [0.29, 0.717) is 28.4 Å². The summed E-state index contributed by atoms with van der Waals surface area (Å²) in [6.45, 7) is 1.76. The average Bonchev–Trinajstić information content (AvgIpc) is 2.81. The first kappa shape index (κ1) is 20.6. The van der Waals surface area contributed by atoms with Crippen molar-refractivity contribution in [1.29, 1.82) is 5.26 Å². The topological polar surface area (TPSA) is 97.0 Å². The van der Waals surface area contributed by atoms with Crippen LogP contribution in [0.1, 0.15) is 21.7 Å². The third-order valence-corrected chi connectivity index (χ3v) is 4.63. The minimum Gasteiger partial charge on any atom is -0.457 e. The molecule has 1 heterocycles. The highest BCUT2D eigenvalue weighted by Crippen LogP contribution is 2.24. The van der Waals surface area contributed by atoms with Gasteiger partial charge in [0.05, 0.1) is 17.3 Å². The number of amides is 1. The van der Waals surface area contributed by atoms with Gasteiger partial charge in [-0.3, -0.25) is 9.59 Å². The summed E-state index contributed by atoms with van der Waals surface area (Å²) in [7, 11) is 0. The van der Waals surface area contributed by atoms with E-state index in [9.17, 15) is 9.59 Å². The fourth-order valence-electron chi connectivity index (χ4n) is 3.10. The first-order chi connectivity index (χ1) is 15.5. The lowest BCUT2D eigenvalue weighted by molar-refractivity contribution is 0.101. The molecular formula is C25H18N4O3. The van der Waals surface area contributed by atoms with Gasteiger partial charge in [0.1, 0.15) is 11.5 Å². The summed E-state index contributed by atoms with van der Waals surface area (Å²) >= 11 is 0. The molecule has 0 saturated carbocycles. The maximum Gasteiger partial charge on any atom is 0.280 e. The molecule has 0 aliphatic heterocycles. The summed E-state index contributed by atoms with van der Waals surface area (Å²) in [5.74, 6) is 0.471. The van der Waals surface area contributed by atoms with Gasteiger partial charge in [0.15, 0.2) is 5.69 Å². The molecule has 0 atom stereocenters.